The number of furan rings is 1. The lowest BCUT2D eigenvalue weighted by Crippen LogP contribution is -2.26. The van der Waals surface area contributed by atoms with Crippen LogP contribution in [0.4, 0.5) is 5.69 Å². The molecule has 21 heavy (non-hydrogen) atoms. The van der Waals surface area contributed by atoms with Gasteiger partial charge in [-0.2, -0.15) is 0 Å². The number of carbonyl (C=O) groups is 1. The number of nitrogens with one attached hydrogen (secondary N) is 1. The van der Waals surface area contributed by atoms with Crippen LogP contribution in [0, 0.1) is 6.92 Å². The summed E-state index contributed by atoms with van der Waals surface area (Å²) in [5.74, 6) is 1.70. The smallest absolute Gasteiger partial charge is 0.254 e. The molecule has 0 saturated heterocycles. The van der Waals surface area contributed by atoms with Crippen molar-refractivity contribution in [2.24, 2.45) is 0 Å². The Kier molecular flexibility index (Phi) is 3.69. The van der Waals surface area contributed by atoms with Crippen LogP contribution in [0.1, 0.15) is 33.9 Å². The molecule has 4 nitrogen and oxygen atoms in total. The minimum absolute atomic E-state index is 0.0254. The Labute approximate surface area is 124 Å². The molecule has 1 aromatic carbocycles. The molecule has 1 aromatic heterocycles. The number of aryl methyl sites for hydroxylation is 2. The maximum absolute atomic E-state index is 12.5. The highest BCUT2D eigenvalue weighted by Gasteiger charge is 2.16. The summed E-state index contributed by atoms with van der Waals surface area (Å²) in [6.07, 6.45) is 2.15. The summed E-state index contributed by atoms with van der Waals surface area (Å²) < 4.78 is 5.53. The monoisotopic (exact) mass is 284 g/mol. The maximum atomic E-state index is 12.5. The van der Waals surface area contributed by atoms with Crippen LogP contribution in [0.3, 0.4) is 0 Å². The highest BCUT2D eigenvalue weighted by Crippen LogP contribution is 2.23. The molecule has 0 bridgehead atoms. The van der Waals surface area contributed by atoms with E-state index in [2.05, 4.69) is 5.32 Å². The van der Waals surface area contributed by atoms with Crippen LogP contribution in [0.15, 0.2) is 34.7 Å². The van der Waals surface area contributed by atoms with Crippen LogP contribution in [0.2, 0.25) is 0 Å². The van der Waals surface area contributed by atoms with Gasteiger partial charge in [-0.1, -0.05) is 0 Å². The third kappa shape index (κ3) is 2.94. The van der Waals surface area contributed by atoms with Crippen LogP contribution in [0.25, 0.3) is 0 Å². The van der Waals surface area contributed by atoms with E-state index in [0.717, 1.165) is 42.2 Å². The molecule has 3 rings (SSSR count). The first-order valence-electron chi connectivity index (χ1n) is 7.31. The summed E-state index contributed by atoms with van der Waals surface area (Å²) in [6.45, 7) is 3.40. The molecule has 0 fully saturated rings. The Bertz CT molecular complexity index is 661. The van der Waals surface area contributed by atoms with Gasteiger partial charge in [0.1, 0.15) is 11.5 Å². The summed E-state index contributed by atoms with van der Waals surface area (Å²) in [5.41, 5.74) is 3.12. The zero-order valence-electron chi connectivity index (χ0n) is 12.5. The molecule has 0 unspecified atom stereocenters. The largest absolute Gasteiger partial charge is 0.464 e. The van der Waals surface area contributed by atoms with Gasteiger partial charge in [0.15, 0.2) is 0 Å². The van der Waals surface area contributed by atoms with Crippen molar-refractivity contribution in [3.05, 3.63) is 53.0 Å². The van der Waals surface area contributed by atoms with Gasteiger partial charge in [-0.3, -0.25) is 4.79 Å². The maximum Gasteiger partial charge on any atom is 0.254 e. The van der Waals surface area contributed by atoms with Crippen molar-refractivity contribution < 1.29 is 9.21 Å². The molecule has 0 spiro atoms. The standard InChI is InChI=1S/C17H20N2O2/c1-12-5-7-15(21-12)11-19(2)17(20)14-6-8-16-13(10-14)4-3-9-18-16/h5-8,10,18H,3-4,9,11H2,1-2H3. The zero-order chi connectivity index (χ0) is 14.8. The van der Waals surface area contributed by atoms with Gasteiger partial charge in [0.05, 0.1) is 6.54 Å². The number of fused-ring (bicyclic) bond motifs is 1. The van der Waals surface area contributed by atoms with Gasteiger partial charge >= 0.3 is 0 Å². The molecule has 1 aliphatic rings. The van der Waals surface area contributed by atoms with Crippen LogP contribution in [-0.2, 0) is 13.0 Å². The van der Waals surface area contributed by atoms with Crippen molar-refractivity contribution in [2.75, 3.05) is 18.9 Å². The van der Waals surface area contributed by atoms with Gasteiger partial charge in [0, 0.05) is 24.8 Å². The number of nitrogens with zero attached hydrogens (tertiary/aromatic N) is 1. The van der Waals surface area contributed by atoms with E-state index in [0.29, 0.717) is 6.54 Å². The Balaban J connectivity index is 1.75. The number of hydrogen-bond donors (Lipinski definition) is 1. The first-order chi connectivity index (χ1) is 10.1. The number of hydrogen-bond acceptors (Lipinski definition) is 3. The Morgan fingerprint density at radius 3 is 2.95 bits per heavy atom. The van der Waals surface area contributed by atoms with E-state index in [1.54, 1.807) is 11.9 Å². The van der Waals surface area contributed by atoms with E-state index >= 15 is 0 Å². The van der Waals surface area contributed by atoms with E-state index in [1.165, 1.54) is 5.56 Å². The molecular weight excluding hydrogens is 264 g/mol. The summed E-state index contributed by atoms with van der Waals surface area (Å²) >= 11 is 0. The Morgan fingerprint density at radius 1 is 1.33 bits per heavy atom. The molecule has 4 heteroatoms. The van der Waals surface area contributed by atoms with Crippen molar-refractivity contribution in [3.8, 4) is 0 Å². The molecule has 0 radical (unpaired) electrons. The van der Waals surface area contributed by atoms with Crippen LogP contribution < -0.4 is 5.32 Å². The third-order valence-electron chi connectivity index (χ3n) is 3.83. The number of amides is 1. The first kappa shape index (κ1) is 13.7. The van der Waals surface area contributed by atoms with Crippen LogP contribution >= 0.6 is 0 Å². The predicted octanol–water partition coefficient (Wildman–Crippen LogP) is 3.22. The van der Waals surface area contributed by atoms with Crippen molar-refractivity contribution in [1.29, 1.82) is 0 Å². The van der Waals surface area contributed by atoms with Gasteiger partial charge in [0.25, 0.3) is 5.91 Å². The molecule has 0 saturated carbocycles. The lowest BCUT2D eigenvalue weighted by atomic mass is 10.0. The lowest BCUT2D eigenvalue weighted by Gasteiger charge is -2.20. The SMILES string of the molecule is Cc1ccc(CN(C)C(=O)c2ccc3c(c2)CCCN3)o1. The molecule has 110 valence electrons. The van der Waals surface area contributed by atoms with Crippen molar-refractivity contribution in [1.82, 2.24) is 4.90 Å². The summed E-state index contributed by atoms with van der Waals surface area (Å²) in [7, 11) is 1.80. The van der Waals surface area contributed by atoms with Crippen molar-refractivity contribution in [2.45, 2.75) is 26.3 Å². The molecule has 2 heterocycles. The molecule has 1 amide bonds. The highest BCUT2D eigenvalue weighted by molar-refractivity contribution is 5.94. The normalized spacial score (nSPS) is 13.4. The second kappa shape index (κ2) is 5.64. The molecule has 0 aliphatic carbocycles. The van der Waals surface area contributed by atoms with Gasteiger partial charge in [-0.05, 0) is 55.7 Å². The molecule has 0 atom stereocenters. The topological polar surface area (TPSA) is 45.5 Å². The molecule has 2 aromatic rings. The molecular formula is C17H20N2O2. The second-order valence-corrected chi connectivity index (χ2v) is 5.58. The van der Waals surface area contributed by atoms with Crippen LogP contribution in [0.5, 0.6) is 0 Å². The van der Waals surface area contributed by atoms with E-state index in [1.807, 2.05) is 37.3 Å². The minimum Gasteiger partial charge on any atom is -0.464 e. The number of carbonyl (C=O) groups excluding carboxylic acids is 1. The van der Waals surface area contributed by atoms with E-state index in [-0.39, 0.29) is 5.91 Å². The summed E-state index contributed by atoms with van der Waals surface area (Å²) in [4.78, 5) is 14.2. The summed E-state index contributed by atoms with van der Waals surface area (Å²) in [6, 6.07) is 9.73. The quantitative estimate of drug-likeness (QED) is 0.941. The predicted molar refractivity (Wildman–Crippen MR) is 82.5 cm³/mol. The van der Waals surface area contributed by atoms with Gasteiger partial charge in [-0.15, -0.1) is 0 Å². The first-order valence-corrected chi connectivity index (χ1v) is 7.31. The fraction of sp³-hybridized carbons (Fsp3) is 0.353. The second-order valence-electron chi connectivity index (χ2n) is 5.58. The fourth-order valence-electron chi connectivity index (χ4n) is 2.70. The number of rotatable bonds is 3. The summed E-state index contributed by atoms with van der Waals surface area (Å²) in [5, 5.41) is 3.36. The molecule has 1 N–H and O–H groups in total. The van der Waals surface area contributed by atoms with Gasteiger partial charge in [-0.25, -0.2) is 0 Å². The number of benzene rings is 1. The van der Waals surface area contributed by atoms with Gasteiger partial charge in [0.2, 0.25) is 0 Å². The average molecular weight is 284 g/mol. The van der Waals surface area contributed by atoms with Crippen molar-refractivity contribution >= 4 is 11.6 Å². The third-order valence-corrected chi connectivity index (χ3v) is 3.83. The lowest BCUT2D eigenvalue weighted by molar-refractivity contribution is 0.0775. The van der Waals surface area contributed by atoms with E-state index < -0.39 is 0 Å². The Hall–Kier alpha value is -2.23. The average Bonchev–Trinajstić information content (AvgIpc) is 2.91. The fourth-order valence-corrected chi connectivity index (χ4v) is 2.70. The number of anilines is 1. The van der Waals surface area contributed by atoms with E-state index in [9.17, 15) is 4.79 Å². The molecule has 1 aliphatic heterocycles. The van der Waals surface area contributed by atoms with Crippen molar-refractivity contribution in [3.63, 3.8) is 0 Å². The minimum atomic E-state index is 0.0254. The van der Waals surface area contributed by atoms with E-state index in [4.69, 9.17) is 4.42 Å². The highest BCUT2D eigenvalue weighted by atomic mass is 16.3. The van der Waals surface area contributed by atoms with Gasteiger partial charge < -0.3 is 14.6 Å². The Morgan fingerprint density at radius 2 is 2.19 bits per heavy atom. The van der Waals surface area contributed by atoms with Crippen LogP contribution in [-0.4, -0.2) is 24.4 Å². The zero-order valence-corrected chi connectivity index (χ0v) is 12.5.